The molecule has 0 atom stereocenters. The molecule has 0 unspecified atom stereocenters. The van der Waals surface area contributed by atoms with Crippen LogP contribution in [0.4, 0.5) is 17.2 Å². The zero-order chi connectivity index (χ0) is 18.5. The highest BCUT2D eigenvalue weighted by Gasteiger charge is 2.11. The Hall–Kier alpha value is -3.12. The highest BCUT2D eigenvalue weighted by atomic mass is 35.5. The topological polar surface area (TPSA) is 76.1 Å². The lowest BCUT2D eigenvalue weighted by atomic mass is 10.2. The van der Waals surface area contributed by atoms with Crippen LogP contribution in [0.3, 0.4) is 0 Å². The molecule has 1 amide bonds. The molecule has 0 radical (unpaired) electrons. The molecular weight excluding hydrogens is 352 g/mol. The zero-order valence-electron chi connectivity index (χ0n) is 14.3. The van der Waals surface area contributed by atoms with Gasteiger partial charge in [0.05, 0.1) is 7.11 Å². The molecule has 0 spiro atoms. The number of ether oxygens (including phenoxy) is 1. The number of anilines is 3. The minimum atomic E-state index is -0.337. The third-order valence-corrected chi connectivity index (χ3v) is 3.95. The number of hydrogen-bond acceptors (Lipinski definition) is 5. The molecule has 132 valence electrons. The Morgan fingerprint density at radius 1 is 1.08 bits per heavy atom. The van der Waals surface area contributed by atoms with Crippen molar-refractivity contribution in [2.24, 2.45) is 0 Å². The molecule has 26 heavy (non-hydrogen) atoms. The fourth-order valence-corrected chi connectivity index (χ4v) is 2.46. The second-order valence-corrected chi connectivity index (χ2v) is 5.99. The molecule has 6 nitrogen and oxygen atoms in total. The van der Waals surface area contributed by atoms with Crippen LogP contribution in [0.25, 0.3) is 0 Å². The number of halogens is 1. The molecular formula is C19H17ClN4O2. The first-order valence-electron chi connectivity index (χ1n) is 7.86. The molecule has 3 rings (SSSR count). The van der Waals surface area contributed by atoms with Crippen molar-refractivity contribution in [2.75, 3.05) is 17.7 Å². The Labute approximate surface area is 156 Å². The second-order valence-electron chi connectivity index (χ2n) is 5.56. The van der Waals surface area contributed by atoms with Gasteiger partial charge in [-0.05, 0) is 48.9 Å². The van der Waals surface area contributed by atoms with E-state index in [0.29, 0.717) is 16.5 Å². The number of carbonyl (C=O) groups excluding carboxylic acids is 1. The monoisotopic (exact) mass is 368 g/mol. The molecule has 1 aromatic heterocycles. The molecule has 1 heterocycles. The van der Waals surface area contributed by atoms with Gasteiger partial charge in [0, 0.05) is 22.5 Å². The Balaban J connectivity index is 1.75. The number of amides is 1. The third-order valence-electron chi connectivity index (χ3n) is 3.71. The molecule has 0 fully saturated rings. The van der Waals surface area contributed by atoms with Crippen LogP contribution in [0, 0.1) is 6.92 Å². The minimum absolute atomic E-state index is 0.246. The zero-order valence-corrected chi connectivity index (χ0v) is 15.0. The van der Waals surface area contributed by atoms with Gasteiger partial charge >= 0.3 is 0 Å². The number of aromatic nitrogens is 2. The largest absolute Gasteiger partial charge is 0.497 e. The van der Waals surface area contributed by atoms with Crippen LogP contribution >= 0.6 is 11.6 Å². The lowest BCUT2D eigenvalue weighted by molar-refractivity contribution is 0.102. The number of nitrogens with zero attached hydrogens (tertiary/aromatic N) is 2. The second kappa shape index (κ2) is 7.84. The maximum atomic E-state index is 12.5. The first-order valence-corrected chi connectivity index (χ1v) is 8.23. The summed E-state index contributed by atoms with van der Waals surface area (Å²) in [7, 11) is 1.61. The molecule has 0 bridgehead atoms. The van der Waals surface area contributed by atoms with Crippen molar-refractivity contribution >= 4 is 34.7 Å². The Morgan fingerprint density at radius 2 is 1.85 bits per heavy atom. The van der Waals surface area contributed by atoms with Gasteiger partial charge in [0.1, 0.15) is 23.6 Å². The van der Waals surface area contributed by atoms with Crippen LogP contribution in [0.1, 0.15) is 16.1 Å². The minimum Gasteiger partial charge on any atom is -0.497 e. The standard InChI is InChI=1S/C19H17ClN4O2/c1-12-3-4-13(20)9-16(12)24-19(25)17-10-18(22-11-21-17)23-14-5-7-15(26-2)8-6-14/h3-11H,1-2H3,(H,24,25)(H,21,22,23). The summed E-state index contributed by atoms with van der Waals surface area (Å²) in [6, 6.07) is 14.3. The van der Waals surface area contributed by atoms with Crippen molar-refractivity contribution in [3.8, 4) is 5.75 Å². The van der Waals surface area contributed by atoms with Gasteiger partial charge in [0.2, 0.25) is 0 Å². The van der Waals surface area contributed by atoms with Crippen LogP contribution < -0.4 is 15.4 Å². The quantitative estimate of drug-likeness (QED) is 0.696. The third kappa shape index (κ3) is 4.29. The van der Waals surface area contributed by atoms with E-state index in [1.165, 1.54) is 6.33 Å². The molecule has 0 saturated carbocycles. The molecule has 0 saturated heterocycles. The molecule has 0 aliphatic carbocycles. The van der Waals surface area contributed by atoms with Crippen molar-refractivity contribution in [1.29, 1.82) is 0 Å². The first-order chi connectivity index (χ1) is 12.5. The van der Waals surface area contributed by atoms with Gasteiger partial charge in [-0.25, -0.2) is 9.97 Å². The summed E-state index contributed by atoms with van der Waals surface area (Å²) >= 11 is 5.99. The fraction of sp³-hybridized carbons (Fsp3) is 0.105. The Morgan fingerprint density at radius 3 is 2.58 bits per heavy atom. The highest BCUT2D eigenvalue weighted by molar-refractivity contribution is 6.31. The van der Waals surface area contributed by atoms with Crippen LogP contribution in [-0.2, 0) is 0 Å². The van der Waals surface area contributed by atoms with E-state index in [2.05, 4.69) is 20.6 Å². The normalized spacial score (nSPS) is 10.3. The molecule has 0 aliphatic heterocycles. The summed E-state index contributed by atoms with van der Waals surface area (Å²) in [4.78, 5) is 20.7. The predicted molar refractivity (Wildman–Crippen MR) is 102 cm³/mol. The average molecular weight is 369 g/mol. The van der Waals surface area contributed by atoms with Crippen molar-refractivity contribution in [1.82, 2.24) is 9.97 Å². The lowest BCUT2D eigenvalue weighted by Crippen LogP contribution is -2.15. The maximum absolute atomic E-state index is 12.5. The SMILES string of the molecule is COc1ccc(Nc2cc(C(=O)Nc3cc(Cl)ccc3C)ncn2)cc1. The number of methoxy groups -OCH3 is 1. The summed E-state index contributed by atoms with van der Waals surface area (Å²) < 4.78 is 5.13. The van der Waals surface area contributed by atoms with Crippen LogP contribution in [0.2, 0.25) is 5.02 Å². The smallest absolute Gasteiger partial charge is 0.274 e. The van der Waals surface area contributed by atoms with Gasteiger partial charge in [-0.15, -0.1) is 0 Å². The number of aryl methyl sites for hydroxylation is 1. The van der Waals surface area contributed by atoms with Gasteiger partial charge in [0.15, 0.2) is 0 Å². The molecule has 2 N–H and O–H groups in total. The van der Waals surface area contributed by atoms with Gasteiger partial charge in [0.25, 0.3) is 5.91 Å². The van der Waals surface area contributed by atoms with E-state index in [1.807, 2.05) is 37.3 Å². The van der Waals surface area contributed by atoms with E-state index in [0.717, 1.165) is 17.0 Å². The summed E-state index contributed by atoms with van der Waals surface area (Å²) in [6.07, 6.45) is 1.34. The van der Waals surface area contributed by atoms with Gasteiger partial charge < -0.3 is 15.4 Å². The first kappa shape index (κ1) is 17.7. The molecule has 0 aliphatic rings. The Bertz CT molecular complexity index is 929. The maximum Gasteiger partial charge on any atom is 0.274 e. The van der Waals surface area contributed by atoms with Crippen LogP contribution in [0.15, 0.2) is 54.9 Å². The predicted octanol–water partition coefficient (Wildman–Crippen LogP) is 4.44. The lowest BCUT2D eigenvalue weighted by Gasteiger charge is -2.10. The number of carbonyl (C=O) groups is 1. The average Bonchev–Trinajstić information content (AvgIpc) is 2.65. The van der Waals surface area contributed by atoms with Gasteiger partial charge in [-0.3, -0.25) is 4.79 Å². The fourth-order valence-electron chi connectivity index (χ4n) is 2.29. The van der Waals surface area contributed by atoms with E-state index < -0.39 is 0 Å². The van der Waals surface area contributed by atoms with Crippen molar-refractivity contribution in [3.05, 3.63) is 71.1 Å². The van der Waals surface area contributed by atoms with Gasteiger partial charge in [-0.2, -0.15) is 0 Å². The van der Waals surface area contributed by atoms with Crippen LogP contribution in [0.5, 0.6) is 5.75 Å². The van der Waals surface area contributed by atoms with E-state index in [-0.39, 0.29) is 11.6 Å². The van der Waals surface area contributed by atoms with E-state index in [9.17, 15) is 4.79 Å². The van der Waals surface area contributed by atoms with Crippen molar-refractivity contribution in [2.45, 2.75) is 6.92 Å². The summed E-state index contributed by atoms with van der Waals surface area (Å²) in [5, 5.41) is 6.49. The van der Waals surface area contributed by atoms with Crippen LogP contribution in [-0.4, -0.2) is 23.0 Å². The summed E-state index contributed by atoms with van der Waals surface area (Å²) in [6.45, 7) is 1.89. The van der Waals surface area contributed by atoms with E-state index >= 15 is 0 Å². The Kier molecular flexibility index (Phi) is 5.34. The van der Waals surface area contributed by atoms with Gasteiger partial charge in [-0.1, -0.05) is 17.7 Å². The highest BCUT2D eigenvalue weighted by Crippen LogP contribution is 2.22. The summed E-state index contributed by atoms with van der Waals surface area (Å²) in [5.41, 5.74) is 2.62. The number of rotatable bonds is 5. The number of hydrogen-bond donors (Lipinski definition) is 2. The van der Waals surface area contributed by atoms with Crippen molar-refractivity contribution < 1.29 is 9.53 Å². The molecule has 3 aromatic rings. The van der Waals surface area contributed by atoms with Crippen molar-refractivity contribution in [3.63, 3.8) is 0 Å². The van der Waals surface area contributed by atoms with E-state index in [4.69, 9.17) is 16.3 Å². The summed E-state index contributed by atoms with van der Waals surface area (Å²) in [5.74, 6) is 0.934. The van der Waals surface area contributed by atoms with E-state index in [1.54, 1.807) is 25.3 Å². The molecule has 7 heteroatoms. The molecule has 2 aromatic carbocycles. The number of benzene rings is 2. The number of nitrogens with one attached hydrogen (secondary N) is 2.